The highest BCUT2D eigenvalue weighted by Gasteiger charge is 2.41. The van der Waals surface area contributed by atoms with Crippen molar-refractivity contribution in [2.24, 2.45) is 0 Å². The predicted octanol–water partition coefficient (Wildman–Crippen LogP) is 2.81. The highest BCUT2D eigenvalue weighted by molar-refractivity contribution is 5.25. The van der Waals surface area contributed by atoms with Crippen molar-refractivity contribution in [1.29, 1.82) is 0 Å². The minimum atomic E-state index is -0.570. The lowest BCUT2D eigenvalue weighted by Crippen LogP contribution is -2.49. The summed E-state index contributed by atoms with van der Waals surface area (Å²) in [5.41, 5.74) is 0.0856. The van der Waals surface area contributed by atoms with Crippen LogP contribution in [-0.4, -0.2) is 32.5 Å². The molecule has 0 radical (unpaired) electrons. The van der Waals surface area contributed by atoms with Crippen LogP contribution in [0.1, 0.15) is 31.4 Å². The molecule has 1 aliphatic heterocycles. The second-order valence-corrected chi connectivity index (χ2v) is 5.03. The maximum absolute atomic E-state index is 13.5. The molecule has 1 heterocycles. The fourth-order valence-corrected chi connectivity index (χ4v) is 3.00. The Morgan fingerprint density at radius 2 is 1.85 bits per heavy atom. The van der Waals surface area contributed by atoms with Gasteiger partial charge in [0.15, 0.2) is 0 Å². The van der Waals surface area contributed by atoms with E-state index in [1.54, 1.807) is 7.05 Å². The number of benzene rings is 1. The largest absolute Gasteiger partial charge is 0.381 e. The van der Waals surface area contributed by atoms with Crippen molar-refractivity contribution in [3.63, 3.8) is 0 Å². The average molecular weight is 285 g/mol. The van der Waals surface area contributed by atoms with E-state index in [2.05, 4.69) is 5.32 Å². The van der Waals surface area contributed by atoms with E-state index in [9.17, 15) is 8.78 Å². The van der Waals surface area contributed by atoms with Crippen molar-refractivity contribution in [2.45, 2.75) is 31.4 Å². The van der Waals surface area contributed by atoms with Gasteiger partial charge in [0.05, 0.1) is 11.6 Å². The van der Waals surface area contributed by atoms with Gasteiger partial charge >= 0.3 is 0 Å². The molecule has 20 heavy (non-hydrogen) atoms. The van der Waals surface area contributed by atoms with E-state index in [0.29, 0.717) is 38.2 Å². The van der Waals surface area contributed by atoms with Gasteiger partial charge in [-0.1, -0.05) is 0 Å². The fourth-order valence-electron chi connectivity index (χ4n) is 3.00. The topological polar surface area (TPSA) is 30.5 Å². The molecule has 0 aromatic heterocycles. The Labute approximate surface area is 118 Å². The molecule has 0 bridgehead atoms. The fraction of sp³-hybridized carbons (Fsp3) is 0.600. The van der Waals surface area contributed by atoms with Gasteiger partial charge in [-0.15, -0.1) is 0 Å². The highest BCUT2D eigenvalue weighted by Crippen LogP contribution is 2.38. The summed E-state index contributed by atoms with van der Waals surface area (Å²) in [4.78, 5) is 0. The minimum absolute atomic E-state index is 0.267. The minimum Gasteiger partial charge on any atom is -0.381 e. The van der Waals surface area contributed by atoms with Gasteiger partial charge in [0, 0.05) is 38.7 Å². The van der Waals surface area contributed by atoms with Crippen molar-refractivity contribution >= 4 is 0 Å². The molecule has 0 spiro atoms. The zero-order valence-corrected chi connectivity index (χ0v) is 11.9. The van der Waals surface area contributed by atoms with Crippen molar-refractivity contribution in [3.8, 4) is 0 Å². The van der Waals surface area contributed by atoms with Crippen molar-refractivity contribution in [3.05, 3.63) is 35.4 Å². The Morgan fingerprint density at radius 3 is 2.35 bits per heavy atom. The van der Waals surface area contributed by atoms with Crippen LogP contribution in [0.25, 0.3) is 0 Å². The number of likely N-dealkylation sites (N-methyl/N-ethyl adjacent to an activating group) is 1. The monoisotopic (exact) mass is 285 g/mol. The highest BCUT2D eigenvalue weighted by atomic mass is 19.1. The van der Waals surface area contributed by atoms with Crippen molar-refractivity contribution in [2.75, 3.05) is 26.9 Å². The van der Waals surface area contributed by atoms with Gasteiger partial charge in [-0.2, -0.15) is 0 Å². The summed E-state index contributed by atoms with van der Waals surface area (Å²) < 4.78 is 38.3. The number of hydrogen-bond acceptors (Lipinski definition) is 3. The Hall–Kier alpha value is -1.04. The molecular formula is C15H21F2NO2. The van der Waals surface area contributed by atoms with E-state index in [-0.39, 0.29) is 6.04 Å². The Morgan fingerprint density at radius 1 is 1.25 bits per heavy atom. The predicted molar refractivity (Wildman–Crippen MR) is 72.6 cm³/mol. The molecule has 1 unspecified atom stereocenters. The first-order valence-electron chi connectivity index (χ1n) is 6.96. The van der Waals surface area contributed by atoms with Crippen LogP contribution in [0.5, 0.6) is 0 Å². The van der Waals surface area contributed by atoms with Crippen LogP contribution in [0.3, 0.4) is 0 Å². The summed E-state index contributed by atoms with van der Waals surface area (Å²) >= 11 is 0. The molecule has 1 aliphatic rings. The zero-order chi connectivity index (χ0) is 14.6. The smallest absolute Gasteiger partial charge is 0.126 e. The maximum Gasteiger partial charge on any atom is 0.126 e. The molecule has 5 heteroatoms. The molecule has 1 fully saturated rings. The molecule has 0 aliphatic carbocycles. The lowest BCUT2D eigenvalue weighted by atomic mass is 9.82. The SMILES string of the molecule is CCOC1(C(NC)c2cc(F)cc(F)c2)CCOCC1. The third kappa shape index (κ3) is 3.16. The first kappa shape index (κ1) is 15.4. The van der Waals surface area contributed by atoms with E-state index in [1.807, 2.05) is 6.92 Å². The lowest BCUT2D eigenvalue weighted by Gasteiger charge is -2.43. The third-order valence-electron chi connectivity index (χ3n) is 3.80. The first-order valence-corrected chi connectivity index (χ1v) is 6.96. The van der Waals surface area contributed by atoms with E-state index in [4.69, 9.17) is 9.47 Å². The molecule has 3 nitrogen and oxygen atoms in total. The van der Waals surface area contributed by atoms with Crippen LogP contribution >= 0.6 is 0 Å². The summed E-state index contributed by atoms with van der Waals surface area (Å²) in [6.07, 6.45) is 1.40. The summed E-state index contributed by atoms with van der Waals surface area (Å²) in [5, 5.41) is 3.15. The van der Waals surface area contributed by atoms with Gasteiger partial charge < -0.3 is 14.8 Å². The van der Waals surface area contributed by atoms with Crippen LogP contribution < -0.4 is 5.32 Å². The zero-order valence-electron chi connectivity index (χ0n) is 11.9. The summed E-state index contributed by atoms with van der Waals surface area (Å²) in [6, 6.07) is 3.34. The molecule has 1 saturated heterocycles. The average Bonchev–Trinajstić information content (AvgIpc) is 2.39. The second kappa shape index (κ2) is 6.61. The summed E-state index contributed by atoms with van der Waals surface area (Å²) in [6.45, 7) is 3.66. The number of hydrogen-bond donors (Lipinski definition) is 1. The molecule has 0 saturated carbocycles. The number of rotatable bonds is 5. The van der Waals surface area contributed by atoms with E-state index in [0.717, 1.165) is 6.07 Å². The van der Waals surface area contributed by atoms with Crippen LogP contribution in [0, 0.1) is 11.6 Å². The molecule has 2 rings (SSSR count). The first-order chi connectivity index (χ1) is 9.61. The molecule has 112 valence electrons. The summed E-state index contributed by atoms with van der Waals surface area (Å²) in [7, 11) is 1.78. The van der Waals surface area contributed by atoms with Crippen molar-refractivity contribution < 1.29 is 18.3 Å². The number of halogens is 2. The van der Waals surface area contributed by atoms with Gasteiger partial charge in [-0.25, -0.2) is 8.78 Å². The number of ether oxygens (including phenoxy) is 2. The molecular weight excluding hydrogens is 264 g/mol. The molecule has 0 amide bonds. The summed E-state index contributed by atoms with van der Waals surface area (Å²) in [5.74, 6) is -1.14. The third-order valence-corrected chi connectivity index (χ3v) is 3.80. The van der Waals surface area contributed by atoms with Gasteiger partial charge in [-0.05, 0) is 31.7 Å². The van der Waals surface area contributed by atoms with Crippen LogP contribution in [0.2, 0.25) is 0 Å². The Bertz CT molecular complexity index is 422. The van der Waals surface area contributed by atoms with Gasteiger partial charge in [0.25, 0.3) is 0 Å². The van der Waals surface area contributed by atoms with Gasteiger partial charge in [0.2, 0.25) is 0 Å². The lowest BCUT2D eigenvalue weighted by molar-refractivity contribution is -0.127. The van der Waals surface area contributed by atoms with Crippen LogP contribution in [-0.2, 0) is 9.47 Å². The van der Waals surface area contributed by atoms with E-state index in [1.165, 1.54) is 12.1 Å². The Kier molecular flexibility index (Phi) is 5.07. The van der Waals surface area contributed by atoms with Crippen LogP contribution in [0.15, 0.2) is 18.2 Å². The molecule has 1 aromatic carbocycles. The Balaban J connectivity index is 2.36. The molecule has 1 aromatic rings. The van der Waals surface area contributed by atoms with E-state index >= 15 is 0 Å². The standard InChI is InChI=1S/C15H21F2NO2/c1-3-20-15(4-6-19-7-5-15)14(18-2)11-8-12(16)10-13(17)9-11/h8-10,14,18H,3-7H2,1-2H3. The molecule has 1 atom stereocenters. The van der Waals surface area contributed by atoms with Gasteiger partial charge in [0.1, 0.15) is 11.6 Å². The maximum atomic E-state index is 13.5. The van der Waals surface area contributed by atoms with Gasteiger partial charge in [-0.3, -0.25) is 0 Å². The number of nitrogens with one attached hydrogen (secondary N) is 1. The van der Waals surface area contributed by atoms with E-state index < -0.39 is 17.2 Å². The second-order valence-electron chi connectivity index (χ2n) is 5.03. The normalized spacial score (nSPS) is 19.8. The quantitative estimate of drug-likeness (QED) is 0.902. The van der Waals surface area contributed by atoms with Crippen molar-refractivity contribution in [1.82, 2.24) is 5.32 Å². The molecule has 1 N–H and O–H groups in total. The van der Waals surface area contributed by atoms with Crippen LogP contribution in [0.4, 0.5) is 8.78 Å².